The molecular formula is C56H107NO8. The predicted molar refractivity (Wildman–Crippen MR) is 272 cm³/mol. The third-order valence-corrected chi connectivity index (χ3v) is 13.5. The van der Waals surface area contributed by atoms with E-state index in [0.717, 1.165) is 38.5 Å². The Morgan fingerprint density at radius 2 is 0.862 bits per heavy atom. The van der Waals surface area contributed by atoms with Crippen LogP contribution in [0.4, 0.5) is 0 Å². The van der Waals surface area contributed by atoms with Crippen LogP contribution in [-0.2, 0) is 14.3 Å². The number of carbonyl (C=O) groups excluding carboxylic acids is 1. The molecule has 0 aromatic carbocycles. The van der Waals surface area contributed by atoms with Crippen LogP contribution in [0.1, 0.15) is 271 Å². The minimum absolute atomic E-state index is 0.174. The highest BCUT2D eigenvalue weighted by molar-refractivity contribution is 5.76. The number of hydrogen-bond acceptors (Lipinski definition) is 8. The molecule has 0 saturated carbocycles. The lowest BCUT2D eigenvalue weighted by Crippen LogP contribution is -2.60. The zero-order valence-corrected chi connectivity index (χ0v) is 42.5. The van der Waals surface area contributed by atoms with E-state index in [9.17, 15) is 30.3 Å². The molecule has 0 aromatic heterocycles. The Kier molecular flexibility index (Phi) is 44.0. The summed E-state index contributed by atoms with van der Waals surface area (Å²) in [6.45, 7) is 3.79. The maximum absolute atomic E-state index is 13.0. The van der Waals surface area contributed by atoms with Crippen molar-refractivity contribution in [3.05, 3.63) is 24.3 Å². The molecule has 0 radical (unpaired) electrons. The number of nitrogens with one attached hydrogen (secondary N) is 1. The first kappa shape index (κ1) is 61.7. The van der Waals surface area contributed by atoms with Gasteiger partial charge in [-0.1, -0.05) is 244 Å². The van der Waals surface area contributed by atoms with Gasteiger partial charge in [0.25, 0.3) is 0 Å². The molecule has 9 nitrogen and oxygen atoms in total. The van der Waals surface area contributed by atoms with Crippen LogP contribution in [0.25, 0.3) is 0 Å². The number of unbranched alkanes of at least 4 members (excludes halogenated alkanes) is 36. The fourth-order valence-electron chi connectivity index (χ4n) is 9.04. The molecule has 6 N–H and O–H groups in total. The van der Waals surface area contributed by atoms with Crippen molar-refractivity contribution in [2.75, 3.05) is 13.2 Å². The molecule has 0 bridgehead atoms. The lowest BCUT2D eigenvalue weighted by atomic mass is 9.99. The van der Waals surface area contributed by atoms with Crippen molar-refractivity contribution in [2.24, 2.45) is 0 Å². The molecule has 1 aliphatic rings. The monoisotopic (exact) mass is 922 g/mol. The van der Waals surface area contributed by atoms with E-state index in [4.69, 9.17) is 9.47 Å². The van der Waals surface area contributed by atoms with Crippen LogP contribution >= 0.6 is 0 Å². The van der Waals surface area contributed by atoms with Gasteiger partial charge in [0, 0.05) is 6.42 Å². The molecule has 1 aliphatic heterocycles. The predicted octanol–water partition coefficient (Wildman–Crippen LogP) is 13.4. The number of amides is 1. The van der Waals surface area contributed by atoms with Gasteiger partial charge in [-0.15, -0.1) is 0 Å². The average molecular weight is 922 g/mol. The molecular weight excluding hydrogens is 815 g/mol. The molecule has 1 heterocycles. The summed E-state index contributed by atoms with van der Waals surface area (Å²) < 4.78 is 11.2. The topological polar surface area (TPSA) is 149 Å². The van der Waals surface area contributed by atoms with Crippen molar-refractivity contribution >= 4 is 5.91 Å². The normalized spacial score (nSPS) is 20.0. The van der Waals surface area contributed by atoms with Crippen LogP contribution in [0, 0.1) is 0 Å². The molecule has 1 amide bonds. The van der Waals surface area contributed by atoms with Gasteiger partial charge in [0.2, 0.25) is 5.91 Å². The summed E-state index contributed by atoms with van der Waals surface area (Å²) in [5.74, 6) is -0.174. The highest BCUT2D eigenvalue weighted by Crippen LogP contribution is 2.23. The van der Waals surface area contributed by atoms with Crippen LogP contribution in [0.3, 0.4) is 0 Å². The second-order valence-corrected chi connectivity index (χ2v) is 19.7. The van der Waals surface area contributed by atoms with Crippen molar-refractivity contribution in [1.82, 2.24) is 5.32 Å². The second kappa shape index (κ2) is 46.4. The smallest absolute Gasteiger partial charge is 0.220 e. The van der Waals surface area contributed by atoms with Crippen molar-refractivity contribution in [2.45, 2.75) is 314 Å². The van der Waals surface area contributed by atoms with Gasteiger partial charge in [0.05, 0.1) is 25.4 Å². The van der Waals surface area contributed by atoms with E-state index in [1.165, 1.54) is 212 Å². The van der Waals surface area contributed by atoms with Crippen LogP contribution in [0.15, 0.2) is 24.3 Å². The average Bonchev–Trinajstić information content (AvgIpc) is 3.31. The summed E-state index contributed by atoms with van der Waals surface area (Å²) in [7, 11) is 0. The van der Waals surface area contributed by atoms with E-state index in [1.807, 2.05) is 6.08 Å². The van der Waals surface area contributed by atoms with Crippen molar-refractivity contribution in [3.8, 4) is 0 Å². The summed E-state index contributed by atoms with van der Waals surface area (Å²) in [6.07, 6.45) is 51.1. The summed E-state index contributed by atoms with van der Waals surface area (Å²) in [5.41, 5.74) is 0. The Labute approximate surface area is 400 Å². The van der Waals surface area contributed by atoms with Gasteiger partial charge in [-0.3, -0.25) is 4.79 Å². The molecule has 9 heteroatoms. The Hall–Kier alpha value is -1.33. The Morgan fingerprint density at radius 3 is 1.25 bits per heavy atom. The van der Waals surface area contributed by atoms with E-state index in [-0.39, 0.29) is 12.5 Å². The lowest BCUT2D eigenvalue weighted by Gasteiger charge is -2.40. The number of allylic oxidation sites excluding steroid dienone is 3. The lowest BCUT2D eigenvalue weighted by molar-refractivity contribution is -0.302. The first-order valence-corrected chi connectivity index (χ1v) is 28.1. The Morgan fingerprint density at radius 1 is 0.508 bits per heavy atom. The highest BCUT2D eigenvalue weighted by Gasteiger charge is 2.44. The number of aliphatic hydroxyl groups is 5. The summed E-state index contributed by atoms with van der Waals surface area (Å²) in [6, 6.07) is -0.802. The quantitative estimate of drug-likeness (QED) is 0.0261. The van der Waals surface area contributed by atoms with Gasteiger partial charge in [0.15, 0.2) is 6.29 Å². The van der Waals surface area contributed by atoms with Gasteiger partial charge in [0.1, 0.15) is 24.4 Å². The van der Waals surface area contributed by atoms with Crippen LogP contribution in [0.2, 0.25) is 0 Å². The zero-order chi connectivity index (χ0) is 47.3. The standard InChI is InChI=1S/C56H107NO8/c1-3-5-7-9-11-13-15-17-18-19-20-21-22-23-24-25-26-27-28-29-30-31-32-34-36-38-40-42-44-46-52(60)57-49(48-64-56-55(63)54(62)53(61)51(47-58)65-56)50(59)45-43-41-39-37-35-33-16-14-12-10-8-6-4-2/h23-24,43,45,49-51,53-56,58-59,61-63H,3-22,25-42,44,46-48H2,1-2H3,(H,57,60)/b24-23-,45-43+. The molecule has 1 saturated heterocycles. The van der Waals surface area contributed by atoms with Gasteiger partial charge in [-0.2, -0.15) is 0 Å². The van der Waals surface area contributed by atoms with Gasteiger partial charge < -0.3 is 40.3 Å². The van der Waals surface area contributed by atoms with E-state index in [0.29, 0.717) is 6.42 Å². The maximum atomic E-state index is 13.0. The second-order valence-electron chi connectivity index (χ2n) is 19.7. The molecule has 1 rings (SSSR count). The maximum Gasteiger partial charge on any atom is 0.220 e. The molecule has 7 atom stereocenters. The van der Waals surface area contributed by atoms with Crippen LogP contribution in [0.5, 0.6) is 0 Å². The van der Waals surface area contributed by atoms with Crippen LogP contribution < -0.4 is 5.32 Å². The zero-order valence-electron chi connectivity index (χ0n) is 42.5. The molecule has 0 spiro atoms. The number of ether oxygens (including phenoxy) is 2. The Bertz CT molecular complexity index is 1070. The highest BCUT2D eigenvalue weighted by atomic mass is 16.7. The third kappa shape index (κ3) is 36.3. The fourth-order valence-corrected chi connectivity index (χ4v) is 9.04. The van der Waals surface area contributed by atoms with Gasteiger partial charge >= 0.3 is 0 Å². The van der Waals surface area contributed by atoms with Crippen molar-refractivity contribution < 1.29 is 39.8 Å². The Balaban J connectivity index is 2.15. The summed E-state index contributed by atoms with van der Waals surface area (Å²) in [5, 5.41) is 54.3. The van der Waals surface area contributed by atoms with E-state index in [1.54, 1.807) is 6.08 Å². The number of rotatable bonds is 48. The van der Waals surface area contributed by atoms with Crippen LogP contribution in [-0.4, -0.2) is 87.5 Å². The molecule has 0 aliphatic carbocycles. The van der Waals surface area contributed by atoms with Gasteiger partial charge in [-0.25, -0.2) is 0 Å². The minimum atomic E-state index is -1.56. The fraction of sp³-hybridized carbons (Fsp3) is 0.911. The molecule has 7 unspecified atom stereocenters. The number of aliphatic hydroxyl groups excluding tert-OH is 5. The SMILES string of the molecule is CCCCCCCCCCCCC/C=C/C(O)C(COC1OC(CO)C(O)C(O)C1O)NC(=O)CCCCCCCCCCCCCCC/C=C\CCCCCCCCCCCCCC. The first-order valence-electron chi connectivity index (χ1n) is 28.1. The van der Waals surface area contributed by atoms with Crippen molar-refractivity contribution in [3.63, 3.8) is 0 Å². The first-order chi connectivity index (χ1) is 31.8. The van der Waals surface area contributed by atoms with E-state index >= 15 is 0 Å². The van der Waals surface area contributed by atoms with Gasteiger partial charge in [-0.05, 0) is 44.9 Å². The van der Waals surface area contributed by atoms with E-state index < -0.39 is 49.5 Å². The summed E-state index contributed by atoms with van der Waals surface area (Å²) >= 11 is 0. The number of carbonyl (C=O) groups is 1. The van der Waals surface area contributed by atoms with Crippen molar-refractivity contribution in [1.29, 1.82) is 0 Å². The largest absolute Gasteiger partial charge is 0.394 e. The third-order valence-electron chi connectivity index (χ3n) is 13.5. The molecule has 384 valence electrons. The molecule has 65 heavy (non-hydrogen) atoms. The minimum Gasteiger partial charge on any atom is -0.394 e. The summed E-state index contributed by atoms with van der Waals surface area (Å²) in [4.78, 5) is 13.0. The molecule has 1 fully saturated rings. The van der Waals surface area contributed by atoms with E-state index in [2.05, 4.69) is 31.3 Å². The number of hydrogen-bond donors (Lipinski definition) is 6. The molecule has 0 aromatic rings.